The average Bonchev–Trinajstić information content (AvgIpc) is 3.55. The summed E-state index contributed by atoms with van der Waals surface area (Å²) in [5, 5.41) is 0. The van der Waals surface area contributed by atoms with Crippen molar-refractivity contribution in [2.75, 3.05) is 0 Å². The molecule has 0 bridgehead atoms. The number of thiophene rings is 3. The van der Waals surface area contributed by atoms with Gasteiger partial charge in [-0.2, -0.15) is 0 Å². The third-order valence-corrected chi connectivity index (χ3v) is 10.9. The molecule has 35 heavy (non-hydrogen) atoms. The highest BCUT2D eigenvalue weighted by atomic mass is 32.1. The van der Waals surface area contributed by atoms with Gasteiger partial charge in [-0.05, 0) is 81.5 Å². The van der Waals surface area contributed by atoms with Gasteiger partial charge in [0.2, 0.25) is 0 Å². The van der Waals surface area contributed by atoms with E-state index in [9.17, 15) is 0 Å². The van der Waals surface area contributed by atoms with E-state index in [2.05, 4.69) is 78.0 Å². The summed E-state index contributed by atoms with van der Waals surface area (Å²) in [7, 11) is 0. The number of thiol groups is 1. The Kier molecular flexibility index (Phi) is 10.9. The van der Waals surface area contributed by atoms with Crippen molar-refractivity contribution >= 4 is 51.5 Å². The Morgan fingerprint density at radius 2 is 1.60 bits per heavy atom. The van der Waals surface area contributed by atoms with E-state index >= 15 is 0 Å². The number of nitrogens with two attached hydrogens (primary N) is 1. The monoisotopic (exact) mass is 543 g/mol. The van der Waals surface area contributed by atoms with E-state index in [4.69, 9.17) is 18.4 Å². The molecule has 1 nitrogen and oxygen atoms in total. The lowest BCUT2D eigenvalue weighted by molar-refractivity contribution is 0.541. The van der Waals surface area contributed by atoms with Gasteiger partial charge in [-0.1, -0.05) is 57.6 Å². The summed E-state index contributed by atoms with van der Waals surface area (Å²) >= 11 is 10.6. The number of allylic oxidation sites excluding steroid dienone is 3. The summed E-state index contributed by atoms with van der Waals surface area (Å²) in [6, 6.07) is 11.4. The van der Waals surface area contributed by atoms with E-state index in [-0.39, 0.29) is 6.04 Å². The molecule has 3 aromatic rings. The Morgan fingerprint density at radius 1 is 0.943 bits per heavy atom. The van der Waals surface area contributed by atoms with Crippen molar-refractivity contribution in [3.8, 4) is 19.5 Å². The molecule has 3 heterocycles. The molecule has 5 heteroatoms. The highest BCUT2D eigenvalue weighted by molar-refractivity contribution is 7.90. The lowest BCUT2D eigenvalue weighted by Gasteiger charge is -2.16. The van der Waals surface area contributed by atoms with Crippen LogP contribution in [0.4, 0.5) is 0 Å². The Morgan fingerprint density at radius 3 is 2.26 bits per heavy atom. The van der Waals surface area contributed by atoms with Crippen LogP contribution in [0.5, 0.6) is 0 Å². The SMILES string of the molecule is CCCCCCCC(C)/C(C=C(C)C)=C(/S)c1ccc(-c2ccc(-c3sc(C(C)N)cc3C)s2)s1. The van der Waals surface area contributed by atoms with Crippen molar-refractivity contribution in [2.24, 2.45) is 11.7 Å². The topological polar surface area (TPSA) is 26.0 Å². The van der Waals surface area contributed by atoms with Crippen molar-refractivity contribution in [3.63, 3.8) is 0 Å². The molecule has 3 rings (SSSR count). The largest absolute Gasteiger partial charge is 0.324 e. The van der Waals surface area contributed by atoms with Gasteiger partial charge in [-0.3, -0.25) is 0 Å². The zero-order valence-corrected chi connectivity index (χ0v) is 25.5. The summed E-state index contributed by atoms with van der Waals surface area (Å²) in [6.45, 7) is 13.3. The molecule has 0 radical (unpaired) electrons. The molecule has 0 amide bonds. The zero-order valence-electron chi connectivity index (χ0n) is 22.1. The predicted octanol–water partition coefficient (Wildman–Crippen LogP) is 11.1. The van der Waals surface area contributed by atoms with E-state index in [1.54, 1.807) is 0 Å². The highest BCUT2D eigenvalue weighted by Crippen LogP contribution is 2.44. The maximum Gasteiger partial charge on any atom is 0.0475 e. The summed E-state index contributed by atoms with van der Waals surface area (Å²) < 4.78 is 0. The molecule has 2 N–H and O–H groups in total. The molecule has 0 aromatic carbocycles. The summed E-state index contributed by atoms with van der Waals surface area (Å²) in [5.74, 6) is 0.513. The van der Waals surface area contributed by atoms with E-state index in [1.165, 1.54) is 84.5 Å². The van der Waals surface area contributed by atoms with Crippen LogP contribution in [0.15, 0.2) is 47.6 Å². The molecule has 2 unspecified atom stereocenters. The van der Waals surface area contributed by atoms with Crippen LogP contribution in [-0.2, 0) is 0 Å². The third-order valence-electron chi connectivity index (χ3n) is 6.29. The fourth-order valence-corrected chi connectivity index (χ4v) is 8.14. The van der Waals surface area contributed by atoms with Gasteiger partial charge in [0.15, 0.2) is 0 Å². The average molecular weight is 544 g/mol. The second kappa shape index (κ2) is 13.4. The van der Waals surface area contributed by atoms with Crippen molar-refractivity contribution < 1.29 is 0 Å². The van der Waals surface area contributed by atoms with Crippen LogP contribution in [0, 0.1) is 12.8 Å². The minimum Gasteiger partial charge on any atom is -0.324 e. The lowest BCUT2D eigenvalue weighted by Crippen LogP contribution is -2.01. The summed E-state index contributed by atoms with van der Waals surface area (Å²) in [5.41, 5.74) is 10.2. The highest BCUT2D eigenvalue weighted by Gasteiger charge is 2.16. The van der Waals surface area contributed by atoms with Crippen molar-refractivity contribution in [3.05, 3.63) is 62.9 Å². The van der Waals surface area contributed by atoms with Crippen LogP contribution in [-0.4, -0.2) is 0 Å². The molecular weight excluding hydrogens is 503 g/mol. The fourth-order valence-electron chi connectivity index (χ4n) is 4.27. The molecule has 0 spiro atoms. The fraction of sp³-hybridized carbons (Fsp3) is 0.467. The van der Waals surface area contributed by atoms with Gasteiger partial charge >= 0.3 is 0 Å². The molecule has 0 saturated heterocycles. The lowest BCUT2D eigenvalue weighted by atomic mass is 9.92. The first-order valence-corrected chi connectivity index (χ1v) is 15.8. The zero-order chi connectivity index (χ0) is 25.5. The Hall–Kier alpha value is -1.11. The first-order chi connectivity index (χ1) is 16.7. The second-order valence-corrected chi connectivity index (χ2v) is 13.6. The van der Waals surface area contributed by atoms with Gasteiger partial charge < -0.3 is 5.73 Å². The van der Waals surface area contributed by atoms with Gasteiger partial charge in [-0.15, -0.1) is 46.6 Å². The van der Waals surface area contributed by atoms with Crippen molar-refractivity contribution in [1.82, 2.24) is 0 Å². The van der Waals surface area contributed by atoms with Crippen LogP contribution < -0.4 is 5.73 Å². The molecule has 2 atom stereocenters. The molecule has 0 aliphatic rings. The van der Waals surface area contributed by atoms with Crippen molar-refractivity contribution in [2.45, 2.75) is 86.1 Å². The van der Waals surface area contributed by atoms with E-state index in [1.807, 2.05) is 34.0 Å². The van der Waals surface area contributed by atoms with Gasteiger partial charge in [0.05, 0.1) is 0 Å². The minimum absolute atomic E-state index is 0.0843. The number of aryl methyl sites for hydroxylation is 1. The molecule has 0 aliphatic carbocycles. The van der Waals surface area contributed by atoms with Crippen LogP contribution in [0.25, 0.3) is 24.4 Å². The molecular formula is C30H41NS4. The number of rotatable bonds is 12. The first-order valence-electron chi connectivity index (χ1n) is 12.9. The van der Waals surface area contributed by atoms with Crippen LogP contribution in [0.1, 0.15) is 94.5 Å². The first kappa shape index (κ1) is 28.5. The molecule has 190 valence electrons. The molecule has 0 aliphatic heterocycles. The van der Waals surface area contributed by atoms with Gasteiger partial charge in [-0.25, -0.2) is 0 Å². The van der Waals surface area contributed by atoms with Crippen molar-refractivity contribution in [1.29, 1.82) is 0 Å². The quantitative estimate of drug-likeness (QED) is 0.133. The van der Waals surface area contributed by atoms with Gasteiger partial charge in [0.1, 0.15) is 0 Å². The Bertz CT molecular complexity index is 1150. The Balaban J connectivity index is 1.82. The second-order valence-electron chi connectivity index (χ2n) is 9.91. The van der Waals surface area contributed by atoms with E-state index in [0.717, 1.165) is 4.91 Å². The summed E-state index contributed by atoms with van der Waals surface area (Å²) in [4.78, 5) is 8.95. The number of hydrogen-bond acceptors (Lipinski definition) is 5. The number of hydrogen-bond donors (Lipinski definition) is 2. The maximum atomic E-state index is 6.12. The summed E-state index contributed by atoms with van der Waals surface area (Å²) in [6.07, 6.45) is 10.2. The van der Waals surface area contributed by atoms with Crippen LogP contribution in [0.2, 0.25) is 0 Å². The van der Waals surface area contributed by atoms with Crippen LogP contribution >= 0.6 is 46.6 Å². The van der Waals surface area contributed by atoms with E-state index < -0.39 is 0 Å². The third kappa shape index (κ3) is 7.69. The molecule has 0 fully saturated rings. The minimum atomic E-state index is 0.0843. The van der Waals surface area contributed by atoms with E-state index in [0.29, 0.717) is 5.92 Å². The van der Waals surface area contributed by atoms with Crippen LogP contribution in [0.3, 0.4) is 0 Å². The van der Waals surface area contributed by atoms with Gasteiger partial charge in [0, 0.05) is 40.2 Å². The van der Waals surface area contributed by atoms with Gasteiger partial charge in [0.25, 0.3) is 0 Å². The maximum absolute atomic E-state index is 6.12. The predicted molar refractivity (Wildman–Crippen MR) is 166 cm³/mol. The molecule has 0 saturated carbocycles. The molecule has 3 aromatic heterocycles. The number of unbranched alkanes of at least 4 members (excludes halogenated alkanes) is 4. The normalized spacial score (nSPS) is 14.1. The smallest absolute Gasteiger partial charge is 0.0475 e. The Labute approximate surface area is 230 Å². The standard InChI is InChI=1S/C30H41NS4/c1-7-8-9-10-11-12-20(4)23(17-19(2)3)29(32)26-15-13-24(33-26)25-14-16-27(34-25)30-21(5)18-28(35-30)22(6)31/h13-18,20,22,32H,7-12,31H2,1-6H3/b29-23+.